The Morgan fingerprint density at radius 1 is 0.933 bits per heavy atom. The number of nitrogens with zero attached hydrogens (tertiary/aromatic N) is 3. The van der Waals surface area contributed by atoms with Crippen LogP contribution >= 0.6 is 15.2 Å². The Morgan fingerprint density at radius 2 is 1.57 bits per heavy atom. The fraction of sp³-hybridized carbons (Fsp3) is 0.235. The molecule has 0 fully saturated rings. The van der Waals surface area contributed by atoms with Gasteiger partial charge in [-0.15, -0.1) is 0 Å². The molecule has 3 rings (SSSR count). The molecule has 0 aliphatic rings. The van der Waals surface area contributed by atoms with E-state index in [1.165, 1.54) is 0 Å². The molecule has 160 valence electrons. The van der Waals surface area contributed by atoms with Crippen LogP contribution < -0.4 is 10.1 Å². The predicted molar refractivity (Wildman–Crippen MR) is 110 cm³/mol. The third-order valence-corrected chi connectivity index (χ3v) is 7.29. The number of pyridine rings is 1. The summed E-state index contributed by atoms with van der Waals surface area (Å²) in [5.74, 6) is 0.532. The van der Waals surface area contributed by atoms with Gasteiger partial charge >= 0.3 is 15.2 Å². The number of nitrogens with one attached hydrogen (secondary N) is 1. The lowest BCUT2D eigenvalue weighted by Crippen LogP contribution is -2.21. The van der Waals surface area contributed by atoms with Gasteiger partial charge in [0.05, 0.1) is 11.5 Å². The highest BCUT2D eigenvalue weighted by Crippen LogP contribution is 2.59. The van der Waals surface area contributed by atoms with Gasteiger partial charge in [-0.1, -0.05) is 12.1 Å². The largest absolute Gasteiger partial charge is 0.491 e. The molecule has 13 heteroatoms. The van der Waals surface area contributed by atoms with Crippen molar-refractivity contribution in [2.24, 2.45) is 0 Å². The lowest BCUT2D eigenvalue weighted by molar-refractivity contribution is 0.242. The fourth-order valence-electron chi connectivity index (χ4n) is 2.70. The van der Waals surface area contributed by atoms with Crippen LogP contribution in [-0.2, 0) is 9.13 Å². The first kappa shape index (κ1) is 22.3. The van der Waals surface area contributed by atoms with Gasteiger partial charge in [0.25, 0.3) is 0 Å². The van der Waals surface area contributed by atoms with E-state index in [2.05, 4.69) is 20.3 Å². The van der Waals surface area contributed by atoms with Crippen molar-refractivity contribution in [3.8, 4) is 16.9 Å². The topological polar surface area (TPSA) is 175 Å². The van der Waals surface area contributed by atoms with E-state index in [0.717, 1.165) is 11.9 Å². The minimum atomic E-state index is -5.20. The average molecular weight is 454 g/mol. The van der Waals surface area contributed by atoms with Gasteiger partial charge in [-0.25, -0.2) is 15.0 Å². The summed E-state index contributed by atoms with van der Waals surface area (Å²) in [7, 11) is -10.4. The van der Waals surface area contributed by atoms with Gasteiger partial charge in [0.1, 0.15) is 17.9 Å². The Kier molecular flexibility index (Phi) is 6.24. The highest BCUT2D eigenvalue weighted by molar-refractivity contribution is 7.71. The number of hydrogen-bond donors (Lipinski definition) is 5. The summed E-state index contributed by atoms with van der Waals surface area (Å²) < 4.78 is 28.8. The molecule has 2 aromatic heterocycles. The van der Waals surface area contributed by atoms with Crippen molar-refractivity contribution in [1.82, 2.24) is 15.0 Å². The van der Waals surface area contributed by atoms with Crippen molar-refractivity contribution in [1.29, 1.82) is 0 Å². The lowest BCUT2D eigenvalue weighted by Gasteiger charge is -2.21. The van der Waals surface area contributed by atoms with E-state index in [0.29, 0.717) is 11.3 Å². The summed E-state index contributed by atoms with van der Waals surface area (Å²) in [5.41, 5.74) is -0.845. The lowest BCUT2D eigenvalue weighted by atomic mass is 10.1. The van der Waals surface area contributed by atoms with Crippen LogP contribution in [0.1, 0.15) is 13.8 Å². The summed E-state index contributed by atoms with van der Waals surface area (Å²) in [6.45, 7) is 3.83. The number of fused-ring (bicyclic) bond motifs is 1. The van der Waals surface area contributed by atoms with Crippen LogP contribution in [0.4, 0.5) is 5.82 Å². The monoisotopic (exact) mass is 454 g/mol. The molecular formula is C17H20N4O7P2. The van der Waals surface area contributed by atoms with E-state index in [1.54, 1.807) is 24.4 Å². The highest BCUT2D eigenvalue weighted by Gasteiger charge is 2.44. The number of aromatic nitrogens is 3. The van der Waals surface area contributed by atoms with Crippen molar-refractivity contribution in [3.63, 3.8) is 0 Å². The SMILES string of the molecule is CC(C)Oc1ccc(-c2cnc3ncnc(NC(P(=O)(O)O)P(=O)(O)O)c3c2)cc1. The van der Waals surface area contributed by atoms with E-state index < -0.39 is 20.7 Å². The standard InChI is InChI=1S/C17H20N4O7P2/c1-10(2)28-13-5-3-11(4-6-13)12-7-14-15(18-8-12)19-9-20-16(14)21-17(29(22,23)24)30(25,26)27/h3-10,17H,1-2H3,(H2,22,23,24)(H2,25,26,27)(H,18,19,20,21). The van der Waals surface area contributed by atoms with Crippen LogP contribution in [0, 0.1) is 0 Å². The number of hydrogen-bond acceptors (Lipinski definition) is 7. The van der Waals surface area contributed by atoms with Gasteiger partial charge in [0.2, 0.25) is 5.52 Å². The first-order valence-corrected chi connectivity index (χ1v) is 12.1. The van der Waals surface area contributed by atoms with Crippen LogP contribution in [0.25, 0.3) is 22.2 Å². The number of ether oxygens (including phenoxy) is 1. The Morgan fingerprint density at radius 3 is 2.13 bits per heavy atom. The zero-order valence-corrected chi connectivity index (χ0v) is 17.7. The predicted octanol–water partition coefficient (Wildman–Crippen LogP) is 2.53. The average Bonchev–Trinajstić information content (AvgIpc) is 2.64. The molecule has 5 N–H and O–H groups in total. The van der Waals surface area contributed by atoms with Crippen molar-refractivity contribution in [2.45, 2.75) is 25.5 Å². The van der Waals surface area contributed by atoms with Gasteiger partial charge in [-0.2, -0.15) is 0 Å². The number of rotatable bonds is 7. The van der Waals surface area contributed by atoms with Crippen LogP contribution in [0.15, 0.2) is 42.9 Å². The van der Waals surface area contributed by atoms with Gasteiger partial charge in [0, 0.05) is 11.8 Å². The molecule has 0 spiro atoms. The molecule has 0 aliphatic heterocycles. The molecule has 3 aromatic rings. The van der Waals surface area contributed by atoms with Gasteiger partial charge in [0.15, 0.2) is 5.65 Å². The second-order valence-electron chi connectivity index (χ2n) is 6.70. The minimum Gasteiger partial charge on any atom is -0.491 e. The Hall–Kier alpha value is -2.39. The van der Waals surface area contributed by atoms with E-state index in [-0.39, 0.29) is 23.0 Å². The van der Waals surface area contributed by atoms with Crippen molar-refractivity contribution < 1.29 is 33.4 Å². The summed E-state index contributed by atoms with van der Waals surface area (Å²) in [6, 6.07) is 8.81. The van der Waals surface area contributed by atoms with Crippen molar-refractivity contribution >= 4 is 32.0 Å². The van der Waals surface area contributed by atoms with E-state index >= 15 is 0 Å². The second-order valence-corrected chi connectivity index (χ2v) is 10.5. The quantitative estimate of drug-likeness (QED) is 0.332. The van der Waals surface area contributed by atoms with Crippen molar-refractivity contribution in [3.05, 3.63) is 42.9 Å². The summed E-state index contributed by atoms with van der Waals surface area (Å²) in [5, 5.41) is 2.41. The smallest absolute Gasteiger partial charge is 0.360 e. The van der Waals surface area contributed by atoms with E-state index in [4.69, 9.17) is 4.74 Å². The van der Waals surface area contributed by atoms with Crippen LogP contribution in [0.2, 0.25) is 0 Å². The molecular weight excluding hydrogens is 434 g/mol. The highest BCUT2D eigenvalue weighted by atomic mass is 31.2. The molecule has 0 atom stereocenters. The van der Waals surface area contributed by atoms with Crippen LogP contribution in [0.5, 0.6) is 5.75 Å². The van der Waals surface area contributed by atoms with Gasteiger partial charge in [-0.05, 0) is 37.6 Å². The summed E-state index contributed by atoms with van der Waals surface area (Å²) in [4.78, 5) is 49.5. The first-order chi connectivity index (χ1) is 13.9. The fourth-order valence-corrected chi connectivity index (χ4v) is 4.85. The molecule has 30 heavy (non-hydrogen) atoms. The Balaban J connectivity index is 2.02. The maximum atomic E-state index is 11.6. The number of anilines is 1. The molecule has 0 unspecified atom stereocenters. The van der Waals surface area contributed by atoms with Crippen molar-refractivity contribution in [2.75, 3.05) is 5.32 Å². The molecule has 0 saturated carbocycles. The zero-order chi connectivity index (χ0) is 22.1. The molecule has 2 heterocycles. The third kappa shape index (κ3) is 5.20. The molecule has 0 bridgehead atoms. The molecule has 0 aliphatic carbocycles. The summed E-state index contributed by atoms with van der Waals surface area (Å²) in [6.07, 6.45) is 2.66. The summed E-state index contributed by atoms with van der Waals surface area (Å²) >= 11 is 0. The van der Waals surface area contributed by atoms with Gasteiger partial charge < -0.3 is 29.6 Å². The Labute approximate surface area is 171 Å². The van der Waals surface area contributed by atoms with Gasteiger partial charge in [-0.3, -0.25) is 9.13 Å². The van der Waals surface area contributed by atoms with Crippen LogP contribution in [-0.4, -0.2) is 46.2 Å². The number of benzene rings is 1. The molecule has 11 nitrogen and oxygen atoms in total. The first-order valence-electron chi connectivity index (χ1n) is 8.70. The second kappa shape index (κ2) is 8.39. The van der Waals surface area contributed by atoms with E-state index in [1.807, 2.05) is 26.0 Å². The Bertz CT molecular complexity index is 1120. The van der Waals surface area contributed by atoms with E-state index in [9.17, 15) is 28.7 Å². The normalized spacial score (nSPS) is 12.5. The molecule has 0 amide bonds. The molecule has 0 radical (unpaired) electrons. The third-order valence-electron chi connectivity index (χ3n) is 3.95. The molecule has 1 aromatic carbocycles. The molecule has 0 saturated heterocycles. The zero-order valence-electron chi connectivity index (χ0n) is 15.9. The van der Waals surface area contributed by atoms with Crippen LogP contribution in [0.3, 0.4) is 0 Å². The maximum absolute atomic E-state index is 11.6. The minimum absolute atomic E-state index is 0.0277. The maximum Gasteiger partial charge on any atom is 0.360 e.